The van der Waals surface area contributed by atoms with E-state index in [0.29, 0.717) is 4.90 Å². The molecule has 1 rings (SSSR count). The molecule has 0 fully saturated rings. The van der Waals surface area contributed by atoms with E-state index in [4.69, 9.17) is 5.73 Å². The number of nitrogens with zero attached hydrogens (tertiary/aromatic N) is 1. The van der Waals surface area contributed by atoms with Crippen LogP contribution >= 0.6 is 12.6 Å². The van der Waals surface area contributed by atoms with E-state index in [0.717, 1.165) is 6.07 Å². The number of thiol groups is 1. The van der Waals surface area contributed by atoms with Crippen LogP contribution in [0.5, 0.6) is 0 Å². The quantitative estimate of drug-likeness (QED) is 0.791. The van der Waals surface area contributed by atoms with Crippen LogP contribution in [0.3, 0.4) is 0 Å². The highest BCUT2D eigenvalue weighted by molar-refractivity contribution is 7.80. The largest absolute Gasteiger partial charge is 0.368 e. The molecule has 0 atom stereocenters. The lowest BCUT2D eigenvalue weighted by molar-refractivity contribution is -0.118. The van der Waals surface area contributed by atoms with Gasteiger partial charge in [-0.3, -0.25) is 9.59 Å². The maximum atomic E-state index is 13.5. The third kappa shape index (κ3) is 3.45. The molecule has 0 aliphatic rings. The summed E-state index contributed by atoms with van der Waals surface area (Å²) in [6.45, 7) is 1.73. The average molecular weight is 256 g/mol. The second kappa shape index (κ2) is 5.67. The Bertz CT molecular complexity index is 451. The standard InChI is InChI=1S/C11H13FN2O2S/c1-2-14(6-10(13)15)11(16)8-5-7(17)3-4-9(8)12/h3-5,17H,2,6H2,1H3,(H2,13,15). The lowest BCUT2D eigenvalue weighted by atomic mass is 10.2. The van der Waals surface area contributed by atoms with Crippen LogP contribution in [0.4, 0.5) is 4.39 Å². The van der Waals surface area contributed by atoms with E-state index in [1.165, 1.54) is 17.0 Å². The van der Waals surface area contributed by atoms with Crippen LogP contribution in [0.2, 0.25) is 0 Å². The van der Waals surface area contributed by atoms with Crippen LogP contribution in [-0.2, 0) is 4.79 Å². The molecule has 0 radical (unpaired) electrons. The number of amides is 2. The molecule has 2 N–H and O–H groups in total. The van der Waals surface area contributed by atoms with Gasteiger partial charge < -0.3 is 10.6 Å². The molecule has 6 heteroatoms. The smallest absolute Gasteiger partial charge is 0.257 e. The first-order valence-electron chi connectivity index (χ1n) is 5.01. The van der Waals surface area contributed by atoms with Crippen LogP contribution in [0.15, 0.2) is 23.1 Å². The number of carbonyl (C=O) groups excluding carboxylic acids is 2. The van der Waals surface area contributed by atoms with Crippen molar-refractivity contribution >= 4 is 24.4 Å². The van der Waals surface area contributed by atoms with Gasteiger partial charge in [0.15, 0.2) is 0 Å². The van der Waals surface area contributed by atoms with E-state index in [1.54, 1.807) is 6.92 Å². The van der Waals surface area contributed by atoms with Gasteiger partial charge in [0.1, 0.15) is 5.82 Å². The van der Waals surface area contributed by atoms with Crippen molar-refractivity contribution in [1.29, 1.82) is 0 Å². The molecular weight excluding hydrogens is 243 g/mol. The van der Waals surface area contributed by atoms with Crippen LogP contribution < -0.4 is 5.73 Å². The second-order valence-corrected chi connectivity index (χ2v) is 3.97. The number of nitrogens with two attached hydrogens (primary N) is 1. The molecule has 0 aliphatic heterocycles. The molecule has 0 aliphatic carbocycles. The predicted octanol–water partition coefficient (Wildman–Crippen LogP) is 1.06. The van der Waals surface area contributed by atoms with Gasteiger partial charge >= 0.3 is 0 Å². The Hall–Kier alpha value is -1.56. The SMILES string of the molecule is CCN(CC(N)=O)C(=O)c1cc(S)ccc1F. The first-order chi connectivity index (χ1) is 7.95. The molecule has 1 aromatic carbocycles. The number of rotatable bonds is 4. The van der Waals surface area contributed by atoms with Gasteiger partial charge in [0.05, 0.1) is 12.1 Å². The van der Waals surface area contributed by atoms with Crippen molar-refractivity contribution in [1.82, 2.24) is 4.90 Å². The maximum absolute atomic E-state index is 13.5. The molecular formula is C11H13FN2O2S. The van der Waals surface area contributed by atoms with Crippen LogP contribution in [0, 0.1) is 5.82 Å². The van der Waals surface area contributed by atoms with Crippen molar-refractivity contribution in [2.24, 2.45) is 5.73 Å². The highest BCUT2D eigenvalue weighted by Gasteiger charge is 2.19. The summed E-state index contributed by atoms with van der Waals surface area (Å²) in [4.78, 5) is 24.4. The van der Waals surface area contributed by atoms with E-state index in [9.17, 15) is 14.0 Å². The Morgan fingerprint density at radius 3 is 2.65 bits per heavy atom. The zero-order valence-corrected chi connectivity index (χ0v) is 10.2. The fourth-order valence-electron chi connectivity index (χ4n) is 1.36. The Balaban J connectivity index is 3.01. The molecule has 2 amide bonds. The normalized spacial score (nSPS) is 10.1. The first-order valence-corrected chi connectivity index (χ1v) is 5.46. The molecule has 0 heterocycles. The fourth-order valence-corrected chi connectivity index (χ4v) is 1.57. The number of hydrogen-bond acceptors (Lipinski definition) is 3. The Morgan fingerprint density at radius 1 is 1.47 bits per heavy atom. The number of hydrogen-bond donors (Lipinski definition) is 2. The highest BCUT2D eigenvalue weighted by Crippen LogP contribution is 2.15. The lowest BCUT2D eigenvalue weighted by Crippen LogP contribution is -2.38. The topological polar surface area (TPSA) is 63.4 Å². The zero-order chi connectivity index (χ0) is 13.0. The number of carbonyl (C=O) groups is 2. The van der Waals surface area contributed by atoms with Gasteiger partial charge in [-0.2, -0.15) is 0 Å². The molecule has 0 saturated heterocycles. The zero-order valence-electron chi connectivity index (χ0n) is 9.31. The molecule has 0 saturated carbocycles. The summed E-state index contributed by atoms with van der Waals surface area (Å²) in [6, 6.07) is 3.93. The van der Waals surface area contributed by atoms with Crippen LogP contribution in [0.1, 0.15) is 17.3 Å². The molecule has 0 bridgehead atoms. The van der Waals surface area contributed by atoms with Gasteiger partial charge in [-0.15, -0.1) is 12.6 Å². The van der Waals surface area contributed by atoms with E-state index in [1.807, 2.05) is 0 Å². The third-order valence-electron chi connectivity index (χ3n) is 2.20. The van der Waals surface area contributed by atoms with Crippen molar-refractivity contribution in [3.8, 4) is 0 Å². The fraction of sp³-hybridized carbons (Fsp3) is 0.273. The van der Waals surface area contributed by atoms with Crippen molar-refractivity contribution in [2.45, 2.75) is 11.8 Å². The number of likely N-dealkylation sites (N-methyl/N-ethyl adjacent to an activating group) is 1. The summed E-state index contributed by atoms with van der Waals surface area (Å²) in [5, 5.41) is 0. The maximum Gasteiger partial charge on any atom is 0.257 e. The molecule has 0 aromatic heterocycles. The summed E-state index contributed by atoms with van der Waals surface area (Å²) < 4.78 is 13.5. The molecule has 1 aromatic rings. The van der Waals surface area contributed by atoms with Gasteiger partial charge in [0.25, 0.3) is 5.91 Å². The van der Waals surface area contributed by atoms with E-state index >= 15 is 0 Å². The van der Waals surface area contributed by atoms with E-state index < -0.39 is 17.6 Å². The van der Waals surface area contributed by atoms with Crippen molar-refractivity contribution in [3.63, 3.8) is 0 Å². The number of benzene rings is 1. The monoisotopic (exact) mass is 256 g/mol. The Kier molecular flexibility index (Phi) is 4.51. The Labute approximate surface area is 104 Å². The first kappa shape index (κ1) is 13.5. The lowest BCUT2D eigenvalue weighted by Gasteiger charge is -2.19. The van der Waals surface area contributed by atoms with Gasteiger partial charge in [-0.1, -0.05) is 0 Å². The van der Waals surface area contributed by atoms with Crippen LogP contribution in [0.25, 0.3) is 0 Å². The number of halogens is 1. The van der Waals surface area contributed by atoms with Gasteiger partial charge in [0, 0.05) is 11.4 Å². The second-order valence-electron chi connectivity index (χ2n) is 3.45. The van der Waals surface area contributed by atoms with Gasteiger partial charge in [-0.05, 0) is 25.1 Å². The van der Waals surface area contributed by atoms with Crippen molar-refractivity contribution in [2.75, 3.05) is 13.1 Å². The highest BCUT2D eigenvalue weighted by atomic mass is 32.1. The van der Waals surface area contributed by atoms with Gasteiger partial charge in [-0.25, -0.2) is 4.39 Å². The molecule has 0 spiro atoms. The summed E-state index contributed by atoms with van der Waals surface area (Å²) >= 11 is 4.03. The molecule has 92 valence electrons. The summed E-state index contributed by atoms with van der Waals surface area (Å²) in [5.74, 6) is -1.85. The molecule has 0 unspecified atom stereocenters. The minimum Gasteiger partial charge on any atom is -0.368 e. The molecule has 17 heavy (non-hydrogen) atoms. The van der Waals surface area contributed by atoms with Crippen LogP contribution in [-0.4, -0.2) is 29.8 Å². The van der Waals surface area contributed by atoms with E-state index in [-0.39, 0.29) is 18.7 Å². The number of primary amides is 1. The van der Waals surface area contributed by atoms with Crippen molar-refractivity contribution < 1.29 is 14.0 Å². The summed E-state index contributed by atoms with van der Waals surface area (Å²) in [7, 11) is 0. The minimum atomic E-state index is -0.643. The van der Waals surface area contributed by atoms with Gasteiger partial charge in [0.2, 0.25) is 5.91 Å². The Morgan fingerprint density at radius 2 is 2.12 bits per heavy atom. The summed E-state index contributed by atoms with van der Waals surface area (Å²) in [6.07, 6.45) is 0. The third-order valence-corrected chi connectivity index (χ3v) is 2.47. The summed E-state index contributed by atoms with van der Waals surface area (Å²) in [5.41, 5.74) is 4.90. The predicted molar refractivity (Wildman–Crippen MR) is 64.4 cm³/mol. The molecule has 4 nitrogen and oxygen atoms in total. The minimum absolute atomic E-state index is 0.111. The van der Waals surface area contributed by atoms with Crippen molar-refractivity contribution in [3.05, 3.63) is 29.6 Å². The van der Waals surface area contributed by atoms with E-state index in [2.05, 4.69) is 12.6 Å². The average Bonchev–Trinajstić information content (AvgIpc) is 2.28.